The van der Waals surface area contributed by atoms with Crippen LogP contribution in [0, 0.1) is 0 Å². The van der Waals surface area contributed by atoms with E-state index in [0.29, 0.717) is 26.1 Å². The number of nitrogens with zero attached hydrogens (tertiary/aromatic N) is 1. The quantitative estimate of drug-likeness (QED) is 0.814. The van der Waals surface area contributed by atoms with E-state index in [-0.39, 0.29) is 12.0 Å². The third kappa shape index (κ3) is 3.09. The zero-order valence-electron chi connectivity index (χ0n) is 10.6. The van der Waals surface area contributed by atoms with Crippen LogP contribution in [0.15, 0.2) is 30.3 Å². The number of hydrogen-bond acceptors (Lipinski definition) is 4. The summed E-state index contributed by atoms with van der Waals surface area (Å²) < 4.78 is 5.05. The summed E-state index contributed by atoms with van der Waals surface area (Å²) in [5.74, 6) is -0.231. The minimum Gasteiger partial charge on any atom is -0.465 e. The van der Waals surface area contributed by atoms with Crippen LogP contribution >= 0.6 is 0 Å². The van der Waals surface area contributed by atoms with Gasteiger partial charge in [-0.1, -0.05) is 30.3 Å². The van der Waals surface area contributed by atoms with Gasteiger partial charge in [-0.15, -0.1) is 0 Å². The van der Waals surface area contributed by atoms with Gasteiger partial charge >= 0.3 is 5.97 Å². The molecule has 0 saturated carbocycles. The van der Waals surface area contributed by atoms with E-state index < -0.39 is 6.10 Å². The number of β-amino-alcohol motifs (C(OH)–C–C–N with tert-alkyl or cyclic N) is 1. The van der Waals surface area contributed by atoms with Gasteiger partial charge in [0.25, 0.3) is 0 Å². The highest BCUT2D eigenvalue weighted by Gasteiger charge is 2.36. The van der Waals surface area contributed by atoms with Gasteiger partial charge in [0.05, 0.1) is 12.7 Å². The van der Waals surface area contributed by atoms with E-state index >= 15 is 0 Å². The van der Waals surface area contributed by atoms with Crippen LogP contribution in [0.4, 0.5) is 0 Å². The summed E-state index contributed by atoms with van der Waals surface area (Å²) in [7, 11) is 0. The summed E-state index contributed by atoms with van der Waals surface area (Å²) in [6.45, 7) is 3.37. The van der Waals surface area contributed by atoms with Crippen molar-refractivity contribution in [3.05, 3.63) is 35.9 Å². The van der Waals surface area contributed by atoms with Crippen molar-refractivity contribution in [3.8, 4) is 0 Å². The van der Waals surface area contributed by atoms with Gasteiger partial charge in [-0.3, -0.25) is 9.69 Å². The second-order valence-corrected chi connectivity index (χ2v) is 4.57. The second-order valence-electron chi connectivity index (χ2n) is 4.57. The molecule has 1 heterocycles. The number of likely N-dealkylation sites (tertiary alicyclic amines) is 1. The fourth-order valence-electron chi connectivity index (χ4n) is 2.36. The van der Waals surface area contributed by atoms with Gasteiger partial charge in [0.15, 0.2) is 0 Å². The molecule has 1 aliphatic rings. The SMILES string of the molecule is CCOC(=O)[C@@H]1C[C@H](O)CN1Cc1ccccc1. The van der Waals surface area contributed by atoms with E-state index in [0.717, 1.165) is 5.56 Å². The summed E-state index contributed by atoms with van der Waals surface area (Å²) in [6.07, 6.45) is 0.0224. The number of carbonyl (C=O) groups is 1. The molecule has 0 aliphatic carbocycles. The van der Waals surface area contributed by atoms with Gasteiger partial charge in [-0.2, -0.15) is 0 Å². The molecule has 1 saturated heterocycles. The zero-order valence-corrected chi connectivity index (χ0v) is 10.6. The van der Waals surface area contributed by atoms with Crippen molar-refractivity contribution in [3.63, 3.8) is 0 Å². The van der Waals surface area contributed by atoms with E-state index in [2.05, 4.69) is 0 Å². The molecular weight excluding hydrogens is 230 g/mol. The van der Waals surface area contributed by atoms with Gasteiger partial charge < -0.3 is 9.84 Å². The number of rotatable bonds is 4. The highest BCUT2D eigenvalue weighted by molar-refractivity contribution is 5.76. The first-order valence-corrected chi connectivity index (χ1v) is 6.33. The molecule has 0 amide bonds. The van der Waals surface area contributed by atoms with Gasteiger partial charge in [-0.05, 0) is 12.5 Å². The van der Waals surface area contributed by atoms with Crippen LogP contribution in [0.1, 0.15) is 18.9 Å². The lowest BCUT2D eigenvalue weighted by Crippen LogP contribution is -2.36. The van der Waals surface area contributed by atoms with Crippen LogP contribution < -0.4 is 0 Å². The molecule has 1 aliphatic heterocycles. The number of hydrogen-bond donors (Lipinski definition) is 1. The lowest BCUT2D eigenvalue weighted by molar-refractivity contribution is -0.148. The van der Waals surface area contributed by atoms with Crippen molar-refractivity contribution < 1.29 is 14.6 Å². The van der Waals surface area contributed by atoms with E-state index in [1.807, 2.05) is 35.2 Å². The Balaban J connectivity index is 2.03. The van der Waals surface area contributed by atoms with Crippen molar-refractivity contribution in [2.24, 2.45) is 0 Å². The first-order valence-electron chi connectivity index (χ1n) is 6.33. The summed E-state index contributed by atoms with van der Waals surface area (Å²) in [5.41, 5.74) is 1.14. The Kier molecular flexibility index (Phi) is 4.33. The van der Waals surface area contributed by atoms with Crippen LogP contribution in [0.25, 0.3) is 0 Å². The predicted octanol–water partition coefficient (Wildman–Crippen LogP) is 1.18. The highest BCUT2D eigenvalue weighted by atomic mass is 16.5. The molecule has 2 rings (SSSR count). The molecule has 4 heteroatoms. The van der Waals surface area contributed by atoms with E-state index in [1.165, 1.54) is 0 Å². The van der Waals surface area contributed by atoms with Gasteiger partial charge in [0, 0.05) is 19.5 Å². The highest BCUT2D eigenvalue weighted by Crippen LogP contribution is 2.21. The summed E-state index contributed by atoms with van der Waals surface area (Å²) in [5, 5.41) is 9.72. The van der Waals surface area contributed by atoms with E-state index in [4.69, 9.17) is 4.74 Å². The molecule has 2 atom stereocenters. The van der Waals surface area contributed by atoms with Gasteiger partial charge in [0.1, 0.15) is 6.04 Å². The molecule has 0 spiro atoms. The molecule has 1 aromatic carbocycles. The fourth-order valence-corrected chi connectivity index (χ4v) is 2.36. The zero-order chi connectivity index (χ0) is 13.0. The van der Waals surface area contributed by atoms with Crippen molar-refractivity contribution in [2.75, 3.05) is 13.2 Å². The number of carbonyl (C=O) groups excluding carboxylic acids is 1. The van der Waals surface area contributed by atoms with Crippen molar-refractivity contribution in [1.29, 1.82) is 0 Å². The summed E-state index contributed by atoms with van der Waals surface area (Å²) in [4.78, 5) is 13.8. The topological polar surface area (TPSA) is 49.8 Å². The lowest BCUT2D eigenvalue weighted by Gasteiger charge is -2.22. The largest absolute Gasteiger partial charge is 0.465 e. The Morgan fingerprint density at radius 1 is 1.44 bits per heavy atom. The molecular formula is C14H19NO3. The van der Waals surface area contributed by atoms with Crippen LogP contribution in [0.2, 0.25) is 0 Å². The monoisotopic (exact) mass is 249 g/mol. The molecule has 1 fully saturated rings. The van der Waals surface area contributed by atoms with Crippen LogP contribution in [0.3, 0.4) is 0 Å². The smallest absolute Gasteiger partial charge is 0.323 e. The molecule has 1 N–H and O–H groups in total. The third-order valence-corrected chi connectivity index (χ3v) is 3.17. The first kappa shape index (κ1) is 13.1. The average molecular weight is 249 g/mol. The lowest BCUT2D eigenvalue weighted by atomic mass is 10.2. The van der Waals surface area contributed by atoms with Crippen molar-refractivity contribution >= 4 is 5.97 Å². The van der Waals surface area contributed by atoms with Crippen molar-refractivity contribution in [1.82, 2.24) is 4.90 Å². The summed E-state index contributed by atoms with van der Waals surface area (Å²) >= 11 is 0. The number of aliphatic hydroxyl groups is 1. The van der Waals surface area contributed by atoms with E-state index in [1.54, 1.807) is 6.92 Å². The molecule has 1 aromatic rings. The maximum Gasteiger partial charge on any atom is 0.323 e. The minimum absolute atomic E-state index is 0.231. The fraction of sp³-hybridized carbons (Fsp3) is 0.500. The Morgan fingerprint density at radius 2 is 2.17 bits per heavy atom. The predicted molar refractivity (Wildman–Crippen MR) is 67.9 cm³/mol. The van der Waals surface area contributed by atoms with Crippen LogP contribution in [-0.2, 0) is 16.1 Å². The standard InChI is InChI=1S/C14H19NO3/c1-2-18-14(17)13-8-12(16)10-15(13)9-11-6-4-3-5-7-11/h3-7,12-13,16H,2,8-10H2,1H3/t12-,13-/m0/s1. The maximum atomic E-state index is 11.8. The minimum atomic E-state index is -0.442. The Morgan fingerprint density at radius 3 is 2.83 bits per heavy atom. The summed E-state index contributed by atoms with van der Waals surface area (Å²) in [6, 6.07) is 9.63. The molecule has 0 bridgehead atoms. The average Bonchev–Trinajstić information content (AvgIpc) is 2.72. The van der Waals surface area contributed by atoms with Gasteiger partial charge in [0.2, 0.25) is 0 Å². The first-order chi connectivity index (χ1) is 8.70. The third-order valence-electron chi connectivity index (χ3n) is 3.17. The molecule has 0 aromatic heterocycles. The van der Waals surface area contributed by atoms with Crippen LogP contribution in [0.5, 0.6) is 0 Å². The Bertz CT molecular complexity index is 393. The number of benzene rings is 1. The number of aliphatic hydroxyl groups excluding tert-OH is 1. The Hall–Kier alpha value is -1.39. The number of ether oxygens (including phenoxy) is 1. The number of esters is 1. The molecule has 18 heavy (non-hydrogen) atoms. The van der Waals surface area contributed by atoms with Crippen LogP contribution in [-0.4, -0.2) is 41.3 Å². The normalized spacial score (nSPS) is 24.1. The molecule has 0 radical (unpaired) electrons. The molecule has 4 nitrogen and oxygen atoms in total. The molecule has 0 unspecified atom stereocenters. The van der Waals surface area contributed by atoms with E-state index in [9.17, 15) is 9.90 Å². The van der Waals surface area contributed by atoms with Crippen molar-refractivity contribution in [2.45, 2.75) is 32.0 Å². The molecule has 98 valence electrons. The van der Waals surface area contributed by atoms with Gasteiger partial charge in [-0.25, -0.2) is 0 Å². The Labute approximate surface area is 107 Å². The maximum absolute atomic E-state index is 11.8. The second kappa shape index (κ2) is 5.98.